The Bertz CT molecular complexity index is 1680. The monoisotopic (exact) mass is 563 g/mol. The van der Waals surface area contributed by atoms with E-state index in [2.05, 4.69) is 58.2 Å². The van der Waals surface area contributed by atoms with Gasteiger partial charge in [0.15, 0.2) is 5.82 Å². The number of halogens is 1. The summed E-state index contributed by atoms with van der Waals surface area (Å²) in [4.78, 5) is 16.0. The summed E-state index contributed by atoms with van der Waals surface area (Å²) >= 11 is 0. The lowest BCUT2D eigenvalue weighted by Gasteiger charge is -2.48. The second-order valence-corrected chi connectivity index (χ2v) is 13.8. The van der Waals surface area contributed by atoms with Gasteiger partial charge >= 0.3 is 0 Å². The van der Waals surface area contributed by atoms with Crippen molar-refractivity contribution in [1.82, 2.24) is 24.7 Å². The van der Waals surface area contributed by atoms with Crippen LogP contribution in [0, 0.1) is 5.92 Å². The maximum absolute atomic E-state index is 13.5. The first-order chi connectivity index (χ1) is 19.1. The van der Waals surface area contributed by atoms with Crippen molar-refractivity contribution >= 4 is 37.9 Å². The Balaban J connectivity index is 1.28. The molecule has 0 unspecified atom stereocenters. The second-order valence-electron chi connectivity index (χ2n) is 11.6. The third-order valence-corrected chi connectivity index (χ3v) is 9.31. The van der Waals surface area contributed by atoms with Crippen LogP contribution in [-0.4, -0.2) is 64.4 Å². The molecule has 210 valence electrons. The summed E-state index contributed by atoms with van der Waals surface area (Å²) in [6.45, 7) is 6.70. The first kappa shape index (κ1) is 26.6. The molecule has 0 radical (unpaired) electrons. The molecular weight excluding hydrogens is 529 g/mol. The number of anilines is 3. The number of hydrogen-bond acceptors (Lipinski definition) is 8. The van der Waals surface area contributed by atoms with Gasteiger partial charge in [-0.1, -0.05) is 19.9 Å². The fraction of sp³-hybridized carbons (Fsp3) is 0.448. The molecule has 3 aromatic heterocycles. The summed E-state index contributed by atoms with van der Waals surface area (Å²) < 4.78 is 38.9. The number of nitrogens with one attached hydrogen (secondary N) is 1. The minimum Gasteiger partial charge on any atom is -0.368 e. The highest BCUT2D eigenvalue weighted by molar-refractivity contribution is 7.90. The molecule has 1 aliphatic heterocycles. The van der Waals surface area contributed by atoms with Crippen LogP contribution in [0.3, 0.4) is 0 Å². The second kappa shape index (κ2) is 9.79. The van der Waals surface area contributed by atoms with Gasteiger partial charge in [-0.2, -0.15) is 5.10 Å². The molecule has 1 saturated carbocycles. The van der Waals surface area contributed by atoms with Crippen molar-refractivity contribution in [2.75, 3.05) is 35.4 Å². The number of pyridine rings is 1. The van der Waals surface area contributed by atoms with Crippen LogP contribution in [0.15, 0.2) is 49.1 Å². The fourth-order valence-electron chi connectivity index (χ4n) is 5.62. The Kier molecular flexibility index (Phi) is 6.52. The van der Waals surface area contributed by atoms with E-state index in [1.807, 2.05) is 18.5 Å². The third kappa shape index (κ3) is 4.91. The van der Waals surface area contributed by atoms with Gasteiger partial charge in [0.25, 0.3) is 0 Å². The maximum Gasteiger partial charge on any atom is 0.164 e. The number of rotatable bonds is 9. The average molecular weight is 564 g/mol. The highest BCUT2D eigenvalue weighted by Crippen LogP contribution is 2.44. The van der Waals surface area contributed by atoms with Crippen molar-refractivity contribution < 1.29 is 12.8 Å². The quantitative estimate of drug-likeness (QED) is 0.300. The molecule has 0 bridgehead atoms. The van der Waals surface area contributed by atoms with Crippen LogP contribution >= 0.6 is 0 Å². The van der Waals surface area contributed by atoms with Gasteiger partial charge in [0.2, 0.25) is 0 Å². The molecule has 0 amide bonds. The molecule has 4 heterocycles. The lowest BCUT2D eigenvalue weighted by molar-refractivity contribution is 0.314. The summed E-state index contributed by atoms with van der Waals surface area (Å²) in [7, 11) is -3.02. The zero-order valence-electron chi connectivity index (χ0n) is 23.2. The number of aromatic nitrogens is 5. The number of hydrogen-bond donors (Lipinski definition) is 1. The summed E-state index contributed by atoms with van der Waals surface area (Å²) in [5, 5.41) is 9.82. The van der Waals surface area contributed by atoms with Crippen LogP contribution in [0.4, 0.5) is 21.7 Å². The molecule has 40 heavy (non-hydrogen) atoms. The maximum atomic E-state index is 13.5. The number of alkyl halides is 1. The summed E-state index contributed by atoms with van der Waals surface area (Å²) in [5.74, 6) is 2.39. The fourth-order valence-corrected chi connectivity index (χ4v) is 6.78. The van der Waals surface area contributed by atoms with Crippen LogP contribution in [0.25, 0.3) is 22.2 Å². The normalized spacial score (nSPS) is 20.1. The van der Waals surface area contributed by atoms with Crippen LogP contribution in [0.5, 0.6) is 0 Å². The van der Waals surface area contributed by atoms with Gasteiger partial charge in [0, 0.05) is 54.4 Å². The molecule has 1 saturated heterocycles. The molecule has 6 rings (SSSR count). The molecule has 2 atom stereocenters. The van der Waals surface area contributed by atoms with E-state index in [-0.39, 0.29) is 17.7 Å². The van der Waals surface area contributed by atoms with Crippen molar-refractivity contribution in [1.29, 1.82) is 0 Å². The molecular formula is C29H34FN7O2S. The molecule has 1 N–H and O–H groups in total. The molecule has 2 fully saturated rings. The van der Waals surface area contributed by atoms with Gasteiger partial charge in [-0.25, -0.2) is 27.8 Å². The van der Waals surface area contributed by atoms with Gasteiger partial charge in [-0.05, 0) is 54.8 Å². The number of nitrogens with zero attached hydrogens (tertiary/aromatic N) is 6. The topological polar surface area (TPSA) is 106 Å². The Morgan fingerprint density at radius 3 is 2.60 bits per heavy atom. The summed E-state index contributed by atoms with van der Waals surface area (Å²) in [5.41, 5.74) is 2.51. The largest absolute Gasteiger partial charge is 0.368 e. The minimum atomic E-state index is -3.02. The minimum absolute atomic E-state index is 0.120. The molecule has 11 heteroatoms. The predicted octanol–water partition coefficient (Wildman–Crippen LogP) is 5.08. The summed E-state index contributed by atoms with van der Waals surface area (Å²) in [6, 6.07) is 8.25. The Hall–Kier alpha value is -3.60. The first-order valence-corrected chi connectivity index (χ1v) is 15.7. The van der Waals surface area contributed by atoms with Crippen LogP contribution in [-0.2, 0) is 15.4 Å². The third-order valence-electron chi connectivity index (χ3n) is 8.28. The lowest BCUT2D eigenvalue weighted by Crippen LogP contribution is -2.57. The van der Waals surface area contributed by atoms with Crippen LogP contribution in [0.1, 0.15) is 45.1 Å². The van der Waals surface area contributed by atoms with Gasteiger partial charge < -0.3 is 10.2 Å². The summed E-state index contributed by atoms with van der Waals surface area (Å²) in [6.07, 6.45) is 9.94. The van der Waals surface area contributed by atoms with Crippen LogP contribution < -0.4 is 10.2 Å². The predicted molar refractivity (Wildman–Crippen MR) is 156 cm³/mol. The van der Waals surface area contributed by atoms with E-state index in [1.165, 1.54) is 11.8 Å². The Morgan fingerprint density at radius 1 is 1.12 bits per heavy atom. The van der Waals surface area contributed by atoms with E-state index >= 15 is 0 Å². The highest BCUT2D eigenvalue weighted by Gasteiger charge is 2.46. The molecule has 2 aliphatic rings. The van der Waals surface area contributed by atoms with Gasteiger partial charge in [-0.3, -0.25) is 4.68 Å². The number of sulfone groups is 1. The van der Waals surface area contributed by atoms with Crippen molar-refractivity contribution in [3.63, 3.8) is 0 Å². The van der Waals surface area contributed by atoms with E-state index < -0.39 is 22.1 Å². The average Bonchev–Trinajstić information content (AvgIpc) is 3.56. The van der Waals surface area contributed by atoms with Gasteiger partial charge in [-0.15, -0.1) is 0 Å². The van der Waals surface area contributed by atoms with Crippen molar-refractivity contribution in [2.45, 2.75) is 51.1 Å². The lowest BCUT2D eigenvalue weighted by atomic mass is 9.88. The van der Waals surface area contributed by atoms with E-state index in [0.29, 0.717) is 29.9 Å². The van der Waals surface area contributed by atoms with Crippen molar-refractivity contribution in [3.8, 4) is 11.4 Å². The Morgan fingerprint density at radius 2 is 1.93 bits per heavy atom. The molecule has 1 aromatic carbocycles. The number of fused-ring (bicyclic) bond motifs is 1. The van der Waals surface area contributed by atoms with E-state index in [1.54, 1.807) is 23.1 Å². The standard InChI is InChI=1S/C29H34FN7O2S/c1-18(2)22-5-6-25(36-14-21(19(36)3)16-40(4,38)39)24-13-32-27(11-23(22)24)34-26-7-10-31-28(35-26)20-12-33-37(15-20)29(17-30)8-9-29/h5-7,10-13,15,18-19,21H,8-9,14,16-17H2,1-4H3,(H,31,32,34,35)/t19-,21-/m1/s1. The zero-order chi connectivity index (χ0) is 28.2. The first-order valence-electron chi connectivity index (χ1n) is 13.7. The zero-order valence-corrected chi connectivity index (χ0v) is 24.0. The smallest absolute Gasteiger partial charge is 0.164 e. The Labute approximate surface area is 233 Å². The molecule has 9 nitrogen and oxygen atoms in total. The van der Waals surface area contributed by atoms with E-state index in [0.717, 1.165) is 34.9 Å². The van der Waals surface area contributed by atoms with Crippen molar-refractivity contribution in [2.24, 2.45) is 5.92 Å². The van der Waals surface area contributed by atoms with Gasteiger partial charge in [0.05, 0.1) is 23.1 Å². The molecule has 1 aliphatic carbocycles. The van der Waals surface area contributed by atoms with Crippen LogP contribution in [0.2, 0.25) is 0 Å². The number of benzene rings is 1. The van der Waals surface area contributed by atoms with Crippen molar-refractivity contribution in [3.05, 3.63) is 54.6 Å². The molecule has 4 aromatic rings. The van der Waals surface area contributed by atoms with E-state index in [9.17, 15) is 12.8 Å². The van der Waals surface area contributed by atoms with Gasteiger partial charge in [0.1, 0.15) is 28.1 Å². The van der Waals surface area contributed by atoms with E-state index in [4.69, 9.17) is 4.98 Å². The highest BCUT2D eigenvalue weighted by atomic mass is 32.2. The molecule has 0 spiro atoms. The SMILES string of the molecule is CC(C)c1ccc(N2C[C@H](CS(C)(=O)=O)[C@H]2C)c2cnc(Nc3ccnc(-c4cnn(C5(CF)CC5)c4)n3)cc12.